The molecule has 0 spiro atoms. The molecule has 0 bridgehead atoms. The molecule has 28 heavy (non-hydrogen) atoms. The van der Waals surface area contributed by atoms with Gasteiger partial charge in [-0.1, -0.05) is 6.07 Å². The predicted molar refractivity (Wildman–Crippen MR) is 112 cm³/mol. The van der Waals surface area contributed by atoms with Crippen LogP contribution in [0.4, 0.5) is 10.5 Å². The number of likely N-dealkylation sites (N-methyl/N-ethyl adjacent to an activating group) is 1. The number of carbonyl (C=O) groups excluding carboxylic acids is 1. The van der Waals surface area contributed by atoms with Crippen LogP contribution < -0.4 is 10.1 Å². The Morgan fingerprint density at radius 2 is 1.96 bits per heavy atom. The fourth-order valence-electron chi connectivity index (χ4n) is 3.28. The van der Waals surface area contributed by atoms with E-state index in [9.17, 15) is 4.79 Å². The first-order valence-electron chi connectivity index (χ1n) is 9.90. The number of rotatable bonds is 6. The summed E-state index contributed by atoms with van der Waals surface area (Å²) in [5.41, 5.74) is 1.74. The maximum absolute atomic E-state index is 12.5. The zero-order valence-electron chi connectivity index (χ0n) is 17.0. The van der Waals surface area contributed by atoms with Crippen molar-refractivity contribution in [3.63, 3.8) is 0 Å². The van der Waals surface area contributed by atoms with Crippen molar-refractivity contribution < 1.29 is 9.53 Å². The molecule has 3 rings (SSSR count). The Morgan fingerprint density at radius 3 is 2.61 bits per heavy atom. The van der Waals surface area contributed by atoms with E-state index in [1.165, 1.54) is 0 Å². The SMILES string of the molecule is CC(Cc1ccccn1)N(C)C(=O)Nc1ccc(OC2CCN(C)CC2)cc1. The highest BCUT2D eigenvalue weighted by atomic mass is 16.5. The molecule has 2 heterocycles. The van der Waals surface area contributed by atoms with Gasteiger partial charge in [0.25, 0.3) is 0 Å². The van der Waals surface area contributed by atoms with Crippen molar-refractivity contribution >= 4 is 11.7 Å². The van der Waals surface area contributed by atoms with Crippen LogP contribution in [0.25, 0.3) is 0 Å². The lowest BCUT2D eigenvalue weighted by atomic mass is 10.1. The van der Waals surface area contributed by atoms with Gasteiger partial charge in [0.15, 0.2) is 0 Å². The number of amides is 2. The molecule has 1 unspecified atom stereocenters. The van der Waals surface area contributed by atoms with Crippen molar-refractivity contribution in [3.8, 4) is 5.75 Å². The molecule has 1 aliphatic heterocycles. The topological polar surface area (TPSA) is 57.7 Å². The summed E-state index contributed by atoms with van der Waals surface area (Å²) in [5, 5.41) is 2.95. The van der Waals surface area contributed by atoms with Crippen molar-refractivity contribution in [2.45, 2.75) is 38.3 Å². The molecule has 0 aliphatic carbocycles. The third-order valence-corrected chi connectivity index (χ3v) is 5.29. The average Bonchev–Trinajstić information content (AvgIpc) is 2.71. The molecule has 1 fully saturated rings. The van der Waals surface area contributed by atoms with E-state index in [0.717, 1.165) is 43.1 Å². The molecule has 1 atom stereocenters. The number of nitrogens with zero attached hydrogens (tertiary/aromatic N) is 3. The zero-order chi connectivity index (χ0) is 19.9. The molecule has 2 amide bonds. The average molecular weight is 383 g/mol. The number of likely N-dealkylation sites (tertiary alicyclic amines) is 1. The third-order valence-electron chi connectivity index (χ3n) is 5.29. The number of hydrogen-bond donors (Lipinski definition) is 1. The van der Waals surface area contributed by atoms with Crippen molar-refractivity contribution in [1.29, 1.82) is 0 Å². The number of carbonyl (C=O) groups is 1. The van der Waals surface area contributed by atoms with Gasteiger partial charge in [-0.3, -0.25) is 4.98 Å². The molecule has 6 nitrogen and oxygen atoms in total. The Kier molecular flexibility index (Phi) is 6.87. The number of hydrogen-bond acceptors (Lipinski definition) is 4. The number of aromatic nitrogens is 1. The van der Waals surface area contributed by atoms with E-state index < -0.39 is 0 Å². The Balaban J connectivity index is 1.49. The number of nitrogens with one attached hydrogen (secondary N) is 1. The Morgan fingerprint density at radius 1 is 1.25 bits per heavy atom. The Labute approximate surface area is 167 Å². The van der Waals surface area contributed by atoms with E-state index in [2.05, 4.69) is 22.2 Å². The Bertz CT molecular complexity index is 743. The zero-order valence-corrected chi connectivity index (χ0v) is 17.0. The minimum atomic E-state index is -0.132. The maximum atomic E-state index is 12.5. The molecule has 1 aromatic heterocycles. The lowest BCUT2D eigenvalue weighted by Crippen LogP contribution is -2.39. The number of urea groups is 1. The summed E-state index contributed by atoms with van der Waals surface area (Å²) in [6, 6.07) is 13.4. The predicted octanol–water partition coefficient (Wildman–Crippen LogP) is 3.65. The maximum Gasteiger partial charge on any atom is 0.321 e. The Hall–Kier alpha value is -2.60. The third kappa shape index (κ3) is 5.70. The van der Waals surface area contributed by atoms with Gasteiger partial charge in [-0.15, -0.1) is 0 Å². The first kappa shape index (κ1) is 20.1. The van der Waals surface area contributed by atoms with Crippen LogP contribution >= 0.6 is 0 Å². The van der Waals surface area contributed by atoms with E-state index >= 15 is 0 Å². The van der Waals surface area contributed by atoms with Crippen LogP contribution in [-0.4, -0.2) is 60.1 Å². The van der Waals surface area contributed by atoms with Gasteiger partial charge in [-0.05, 0) is 63.2 Å². The summed E-state index contributed by atoms with van der Waals surface area (Å²) in [6.07, 6.45) is 4.86. The van der Waals surface area contributed by atoms with Crippen LogP contribution in [0.15, 0.2) is 48.7 Å². The standard InChI is InChI=1S/C22H30N4O2/c1-17(16-19-6-4-5-13-23-19)26(3)22(27)24-18-7-9-20(10-8-18)28-21-11-14-25(2)15-12-21/h4-10,13,17,21H,11-12,14-16H2,1-3H3,(H,24,27). The number of pyridine rings is 1. The van der Waals surface area contributed by atoms with Crippen molar-refractivity contribution in [3.05, 3.63) is 54.4 Å². The minimum Gasteiger partial charge on any atom is -0.490 e. The van der Waals surface area contributed by atoms with Crippen molar-refractivity contribution in [1.82, 2.24) is 14.8 Å². The van der Waals surface area contributed by atoms with Gasteiger partial charge in [-0.25, -0.2) is 4.79 Å². The lowest BCUT2D eigenvalue weighted by Gasteiger charge is -2.29. The quantitative estimate of drug-likeness (QED) is 0.829. The van der Waals surface area contributed by atoms with E-state index in [1.807, 2.05) is 49.4 Å². The van der Waals surface area contributed by atoms with Gasteiger partial charge in [0.05, 0.1) is 0 Å². The van der Waals surface area contributed by atoms with Crippen LogP contribution in [0.2, 0.25) is 0 Å². The van der Waals surface area contributed by atoms with Crippen LogP contribution in [0.1, 0.15) is 25.5 Å². The fourth-order valence-corrected chi connectivity index (χ4v) is 3.28. The molecule has 150 valence electrons. The highest BCUT2D eigenvalue weighted by molar-refractivity contribution is 5.89. The van der Waals surface area contributed by atoms with Crippen LogP contribution in [0.3, 0.4) is 0 Å². The van der Waals surface area contributed by atoms with Gasteiger partial charge in [0.1, 0.15) is 11.9 Å². The van der Waals surface area contributed by atoms with Crippen molar-refractivity contribution in [2.75, 3.05) is 32.5 Å². The van der Waals surface area contributed by atoms with Crippen LogP contribution in [0.5, 0.6) is 5.75 Å². The first-order chi connectivity index (χ1) is 13.5. The van der Waals surface area contributed by atoms with Crippen LogP contribution in [0, 0.1) is 0 Å². The highest BCUT2D eigenvalue weighted by Crippen LogP contribution is 2.21. The second-order valence-electron chi connectivity index (χ2n) is 7.56. The summed E-state index contributed by atoms with van der Waals surface area (Å²) in [4.78, 5) is 20.9. The molecule has 6 heteroatoms. The largest absolute Gasteiger partial charge is 0.490 e. The van der Waals surface area contributed by atoms with Gasteiger partial charge < -0.3 is 19.9 Å². The number of anilines is 1. The summed E-state index contributed by atoms with van der Waals surface area (Å²) in [6.45, 7) is 4.16. The van der Waals surface area contributed by atoms with Gasteiger partial charge in [-0.2, -0.15) is 0 Å². The monoisotopic (exact) mass is 382 g/mol. The molecule has 1 aliphatic rings. The minimum absolute atomic E-state index is 0.0435. The molecule has 0 saturated carbocycles. The van der Waals surface area contributed by atoms with E-state index in [1.54, 1.807) is 18.1 Å². The van der Waals surface area contributed by atoms with E-state index in [4.69, 9.17) is 4.74 Å². The smallest absolute Gasteiger partial charge is 0.321 e. The normalized spacial score (nSPS) is 16.4. The highest BCUT2D eigenvalue weighted by Gasteiger charge is 2.19. The first-order valence-corrected chi connectivity index (χ1v) is 9.90. The summed E-state index contributed by atoms with van der Waals surface area (Å²) >= 11 is 0. The van der Waals surface area contributed by atoms with E-state index in [0.29, 0.717) is 6.42 Å². The number of piperidine rings is 1. The van der Waals surface area contributed by atoms with Crippen molar-refractivity contribution in [2.24, 2.45) is 0 Å². The summed E-state index contributed by atoms with van der Waals surface area (Å²) in [7, 11) is 3.95. The summed E-state index contributed by atoms with van der Waals surface area (Å²) < 4.78 is 6.06. The summed E-state index contributed by atoms with van der Waals surface area (Å²) in [5.74, 6) is 0.851. The number of ether oxygens (including phenoxy) is 1. The molecular weight excluding hydrogens is 352 g/mol. The molecule has 1 N–H and O–H groups in total. The van der Waals surface area contributed by atoms with Gasteiger partial charge in [0.2, 0.25) is 0 Å². The lowest BCUT2D eigenvalue weighted by molar-refractivity contribution is 0.114. The van der Waals surface area contributed by atoms with Gasteiger partial charge >= 0.3 is 6.03 Å². The molecule has 2 aromatic rings. The van der Waals surface area contributed by atoms with E-state index in [-0.39, 0.29) is 18.2 Å². The molecular formula is C22H30N4O2. The number of benzene rings is 1. The second kappa shape index (κ2) is 9.55. The van der Waals surface area contributed by atoms with Crippen LogP contribution in [-0.2, 0) is 6.42 Å². The van der Waals surface area contributed by atoms with Gasteiger partial charge in [0, 0.05) is 50.2 Å². The molecule has 1 saturated heterocycles. The second-order valence-corrected chi connectivity index (χ2v) is 7.56. The fraction of sp³-hybridized carbons (Fsp3) is 0.455. The molecule has 0 radical (unpaired) electrons. The molecule has 1 aromatic carbocycles.